The van der Waals surface area contributed by atoms with Crippen molar-refractivity contribution in [3.63, 3.8) is 0 Å². The Morgan fingerprint density at radius 2 is 1.68 bits per heavy atom. The van der Waals surface area contributed by atoms with Gasteiger partial charge in [-0.3, -0.25) is 14.4 Å². The number of unbranched alkanes of at least 4 members (excludes halogenated alkanes) is 7. The SMILES string of the molecule is CC(=O)O[C@H]1CC[C@H]2[C@@H]3CCC4=CC(=O)CCC4=C3[C@@H](CCCCCCCCCCC(=O)NCC(C)(C)Cl)C[C@]12C. The number of fused-ring (bicyclic) bond motifs is 4. The summed E-state index contributed by atoms with van der Waals surface area (Å²) >= 11 is 6.14. The van der Waals surface area contributed by atoms with Gasteiger partial charge in [0.1, 0.15) is 6.10 Å². The van der Waals surface area contributed by atoms with Crippen LogP contribution in [0.15, 0.2) is 22.8 Å². The minimum atomic E-state index is -0.387. The molecule has 0 aliphatic heterocycles. The van der Waals surface area contributed by atoms with Gasteiger partial charge in [-0.1, -0.05) is 57.4 Å². The summed E-state index contributed by atoms with van der Waals surface area (Å²) < 4.78 is 5.93. The molecule has 4 rings (SSSR count). The lowest BCUT2D eigenvalue weighted by Crippen LogP contribution is -2.46. The van der Waals surface area contributed by atoms with E-state index < -0.39 is 0 Å². The van der Waals surface area contributed by atoms with Gasteiger partial charge in [-0.25, -0.2) is 0 Å². The molecule has 5 nitrogen and oxygen atoms in total. The number of nitrogens with one attached hydrogen (secondary N) is 1. The van der Waals surface area contributed by atoms with E-state index in [1.165, 1.54) is 56.1 Å². The van der Waals surface area contributed by atoms with Gasteiger partial charge in [0.05, 0.1) is 4.87 Å². The third-order valence-corrected chi connectivity index (χ3v) is 10.6. The third-order valence-electron chi connectivity index (χ3n) is 10.5. The van der Waals surface area contributed by atoms with Crippen LogP contribution in [0.5, 0.6) is 0 Å². The minimum absolute atomic E-state index is 0.0437. The van der Waals surface area contributed by atoms with Crippen LogP contribution in [0.1, 0.15) is 137 Å². The lowest BCUT2D eigenvalue weighted by Gasteiger charge is -2.52. The molecule has 41 heavy (non-hydrogen) atoms. The Bertz CT molecular complexity index is 1020. The Hall–Kier alpha value is -1.62. The molecule has 2 saturated carbocycles. The number of ether oxygens (including phenoxy) is 1. The van der Waals surface area contributed by atoms with Crippen LogP contribution in [0.4, 0.5) is 0 Å². The molecule has 1 N–H and O–H groups in total. The highest BCUT2D eigenvalue weighted by atomic mass is 35.5. The number of ketones is 1. The second-order valence-corrected chi connectivity index (χ2v) is 15.3. The molecule has 0 unspecified atom stereocenters. The number of carbonyl (C=O) groups is 3. The fraction of sp³-hybridized carbons (Fsp3) is 0.800. The predicted molar refractivity (Wildman–Crippen MR) is 166 cm³/mol. The van der Waals surface area contributed by atoms with E-state index in [1.807, 2.05) is 19.9 Å². The lowest BCUT2D eigenvalue weighted by molar-refractivity contribution is -0.154. The molecule has 0 radical (unpaired) electrons. The zero-order valence-corrected chi connectivity index (χ0v) is 26.9. The van der Waals surface area contributed by atoms with Crippen LogP contribution < -0.4 is 5.32 Å². The van der Waals surface area contributed by atoms with E-state index in [9.17, 15) is 14.4 Å². The Morgan fingerprint density at radius 1 is 1.00 bits per heavy atom. The summed E-state index contributed by atoms with van der Waals surface area (Å²) in [7, 11) is 0. The molecule has 2 fully saturated rings. The molecule has 6 heteroatoms. The van der Waals surface area contributed by atoms with Crippen LogP contribution in [0.25, 0.3) is 0 Å². The Labute approximate surface area is 253 Å². The van der Waals surface area contributed by atoms with Crippen molar-refractivity contribution in [3.8, 4) is 0 Å². The first-order valence-corrected chi connectivity index (χ1v) is 17.0. The summed E-state index contributed by atoms with van der Waals surface area (Å²) in [6.07, 6.45) is 20.3. The quantitative estimate of drug-likeness (QED) is 0.126. The minimum Gasteiger partial charge on any atom is -0.462 e. The topological polar surface area (TPSA) is 72.5 Å². The highest BCUT2D eigenvalue weighted by molar-refractivity contribution is 6.23. The first-order valence-electron chi connectivity index (χ1n) is 16.6. The van der Waals surface area contributed by atoms with E-state index in [-0.39, 0.29) is 28.3 Å². The average Bonchev–Trinajstić information content (AvgIpc) is 3.22. The van der Waals surface area contributed by atoms with Crippen LogP contribution in [0.3, 0.4) is 0 Å². The highest BCUT2D eigenvalue weighted by Gasteiger charge is 2.57. The maximum Gasteiger partial charge on any atom is 0.302 e. The number of amides is 1. The third kappa shape index (κ3) is 8.48. The molecule has 0 aromatic heterocycles. The second-order valence-electron chi connectivity index (χ2n) is 14.3. The Morgan fingerprint density at radius 3 is 2.37 bits per heavy atom. The number of carbonyl (C=O) groups excluding carboxylic acids is 3. The number of esters is 1. The van der Waals surface area contributed by atoms with Crippen LogP contribution >= 0.6 is 11.6 Å². The normalized spacial score (nSPS) is 29.4. The largest absolute Gasteiger partial charge is 0.462 e. The lowest BCUT2D eigenvalue weighted by atomic mass is 9.53. The van der Waals surface area contributed by atoms with Gasteiger partial charge in [0, 0.05) is 31.7 Å². The van der Waals surface area contributed by atoms with E-state index in [2.05, 4.69) is 12.2 Å². The van der Waals surface area contributed by atoms with E-state index in [0.717, 1.165) is 51.4 Å². The standard InChI is InChI=1S/C35H54ClNO4/c1-24(38)41-31-20-19-30-29-17-15-25-21-27(39)16-18-28(25)33(29)26(22-35(30,31)4)13-11-9-7-5-6-8-10-12-14-32(40)37-23-34(2,3)36/h21,26,29-31H,5-20,22-23H2,1-4H3,(H,37,40)/t26-,29-,30-,31-,35-/m0/s1. The summed E-state index contributed by atoms with van der Waals surface area (Å²) in [5.74, 6) is 1.98. The molecule has 0 bridgehead atoms. The summed E-state index contributed by atoms with van der Waals surface area (Å²) in [4.78, 5) is 35.7. The second kappa shape index (κ2) is 14.2. The first-order chi connectivity index (χ1) is 19.5. The fourth-order valence-electron chi connectivity index (χ4n) is 8.57. The van der Waals surface area contributed by atoms with Gasteiger partial charge >= 0.3 is 5.97 Å². The monoisotopic (exact) mass is 587 g/mol. The zero-order valence-electron chi connectivity index (χ0n) is 26.1. The predicted octanol–water partition coefficient (Wildman–Crippen LogP) is 8.38. The van der Waals surface area contributed by atoms with Gasteiger partial charge in [0.2, 0.25) is 5.91 Å². The van der Waals surface area contributed by atoms with Crippen LogP contribution in [-0.2, 0) is 19.1 Å². The van der Waals surface area contributed by atoms with Crippen molar-refractivity contribution in [2.24, 2.45) is 23.2 Å². The molecule has 230 valence electrons. The number of alkyl halides is 1. The zero-order chi connectivity index (χ0) is 29.6. The summed E-state index contributed by atoms with van der Waals surface area (Å²) in [6, 6.07) is 0. The van der Waals surface area contributed by atoms with Gasteiger partial charge in [0.15, 0.2) is 5.78 Å². The molecule has 1 amide bonds. The molecule has 5 atom stereocenters. The summed E-state index contributed by atoms with van der Waals surface area (Å²) in [6.45, 7) is 8.30. The van der Waals surface area contributed by atoms with E-state index in [4.69, 9.17) is 16.3 Å². The van der Waals surface area contributed by atoms with E-state index in [1.54, 1.807) is 12.5 Å². The Kier molecular flexibility index (Phi) is 11.2. The number of hydrogen-bond donors (Lipinski definition) is 1. The van der Waals surface area contributed by atoms with Crippen molar-refractivity contribution >= 4 is 29.3 Å². The van der Waals surface area contributed by atoms with Crippen molar-refractivity contribution in [3.05, 3.63) is 22.8 Å². The maximum atomic E-state index is 12.2. The van der Waals surface area contributed by atoms with Crippen molar-refractivity contribution in [2.45, 2.75) is 148 Å². The molecular weight excluding hydrogens is 534 g/mol. The van der Waals surface area contributed by atoms with Gasteiger partial charge in [-0.15, -0.1) is 11.6 Å². The van der Waals surface area contributed by atoms with Crippen molar-refractivity contribution < 1.29 is 19.1 Å². The molecule has 0 spiro atoms. The van der Waals surface area contributed by atoms with Crippen LogP contribution in [0, 0.1) is 23.2 Å². The molecule has 0 aromatic carbocycles. The van der Waals surface area contributed by atoms with Crippen LogP contribution in [-0.4, -0.2) is 35.2 Å². The van der Waals surface area contributed by atoms with Crippen LogP contribution in [0.2, 0.25) is 0 Å². The fourth-order valence-corrected chi connectivity index (χ4v) is 8.64. The number of rotatable bonds is 14. The highest BCUT2D eigenvalue weighted by Crippen LogP contribution is 2.63. The molecule has 4 aliphatic carbocycles. The maximum absolute atomic E-state index is 12.2. The molecule has 0 heterocycles. The van der Waals surface area contributed by atoms with Gasteiger partial charge in [-0.05, 0) is 100 Å². The van der Waals surface area contributed by atoms with Gasteiger partial charge in [0.25, 0.3) is 0 Å². The molecule has 4 aliphatic rings. The first kappa shape index (κ1) is 32.3. The van der Waals surface area contributed by atoms with Crippen molar-refractivity contribution in [2.75, 3.05) is 6.54 Å². The van der Waals surface area contributed by atoms with E-state index >= 15 is 0 Å². The Balaban J connectivity index is 1.25. The number of hydrogen-bond acceptors (Lipinski definition) is 4. The van der Waals surface area contributed by atoms with Gasteiger partial charge in [-0.2, -0.15) is 0 Å². The van der Waals surface area contributed by atoms with E-state index in [0.29, 0.717) is 42.9 Å². The number of allylic oxidation sites excluding steroid dienone is 4. The summed E-state index contributed by atoms with van der Waals surface area (Å²) in [5, 5.41) is 2.92. The summed E-state index contributed by atoms with van der Waals surface area (Å²) in [5.41, 5.74) is 4.62. The average molecular weight is 588 g/mol. The van der Waals surface area contributed by atoms with Crippen molar-refractivity contribution in [1.82, 2.24) is 5.32 Å². The smallest absolute Gasteiger partial charge is 0.302 e. The number of halogens is 1. The van der Waals surface area contributed by atoms with Crippen molar-refractivity contribution in [1.29, 1.82) is 0 Å². The molecule has 0 saturated heterocycles. The van der Waals surface area contributed by atoms with Gasteiger partial charge < -0.3 is 10.1 Å². The molecule has 0 aromatic rings. The molecular formula is C35H54ClNO4.